The molecule has 3 aromatic rings. The number of ether oxygens (including phenoxy) is 1. The zero-order chi connectivity index (χ0) is 24.2. The van der Waals surface area contributed by atoms with Crippen molar-refractivity contribution in [2.45, 2.75) is 39.0 Å². The van der Waals surface area contributed by atoms with E-state index in [0.29, 0.717) is 23.1 Å². The molecule has 5 nitrogen and oxygen atoms in total. The molecule has 0 aliphatic rings. The smallest absolute Gasteiger partial charge is 0.265 e. The van der Waals surface area contributed by atoms with Crippen LogP contribution in [0.1, 0.15) is 42.3 Å². The number of aryl methyl sites for hydroxylation is 1. The van der Waals surface area contributed by atoms with Crippen molar-refractivity contribution in [1.29, 1.82) is 0 Å². The van der Waals surface area contributed by atoms with Crippen LogP contribution < -0.4 is 9.46 Å². The number of hydrogen-bond donors (Lipinski definition) is 1. The first-order chi connectivity index (χ1) is 15.6. The summed E-state index contributed by atoms with van der Waals surface area (Å²) in [5.74, 6) is 0.394. The second-order valence-electron chi connectivity index (χ2n) is 8.27. The maximum Gasteiger partial charge on any atom is 0.265 e. The topological polar surface area (TPSA) is 72.5 Å². The average molecular weight is 530 g/mol. The van der Waals surface area contributed by atoms with E-state index in [2.05, 4.69) is 40.6 Å². The van der Waals surface area contributed by atoms with Gasteiger partial charge in [-0.1, -0.05) is 49.7 Å². The molecular weight excluding hydrogens is 502 g/mol. The fraction of sp³-hybridized carbons (Fsp3) is 0.269. The lowest BCUT2D eigenvalue weighted by molar-refractivity contribution is 0.0980. The molecule has 0 aliphatic heterocycles. The number of sulfonamides is 1. The Kier molecular flexibility index (Phi) is 7.97. The van der Waals surface area contributed by atoms with Gasteiger partial charge < -0.3 is 4.74 Å². The normalized spacial score (nSPS) is 11.5. The van der Waals surface area contributed by atoms with Gasteiger partial charge in [-0.3, -0.25) is 4.79 Å². The van der Waals surface area contributed by atoms with Crippen molar-refractivity contribution >= 4 is 31.9 Å². The molecule has 0 heterocycles. The van der Waals surface area contributed by atoms with E-state index in [1.165, 1.54) is 6.07 Å². The van der Waals surface area contributed by atoms with E-state index < -0.39 is 15.9 Å². The number of benzene rings is 3. The van der Waals surface area contributed by atoms with Gasteiger partial charge in [0.1, 0.15) is 10.6 Å². The molecule has 0 atom stereocenters. The molecule has 33 heavy (non-hydrogen) atoms. The van der Waals surface area contributed by atoms with Crippen molar-refractivity contribution in [3.05, 3.63) is 81.8 Å². The summed E-state index contributed by atoms with van der Waals surface area (Å²) in [5.41, 5.74) is 4.08. The Morgan fingerprint density at radius 1 is 1.06 bits per heavy atom. The molecule has 0 saturated heterocycles. The second kappa shape index (κ2) is 10.5. The summed E-state index contributed by atoms with van der Waals surface area (Å²) < 4.78 is 34.1. The fourth-order valence-corrected chi connectivity index (χ4v) is 5.61. The third-order valence-corrected chi connectivity index (χ3v) is 7.42. The number of carbonyl (C=O) groups excluding carboxylic acids is 1. The Labute approximate surface area is 204 Å². The van der Waals surface area contributed by atoms with Gasteiger partial charge in [0.05, 0.1) is 6.61 Å². The maximum atomic E-state index is 13.1. The number of halogens is 1. The summed E-state index contributed by atoms with van der Waals surface area (Å²) in [6, 6.07) is 17.9. The number of rotatable bonds is 8. The van der Waals surface area contributed by atoms with E-state index in [1.807, 2.05) is 38.1 Å². The predicted molar refractivity (Wildman–Crippen MR) is 135 cm³/mol. The Hall–Kier alpha value is -2.64. The number of nitrogens with one attached hydrogen (secondary N) is 1. The second-order valence-corrected chi connectivity index (χ2v) is 10.8. The molecule has 0 spiro atoms. The Morgan fingerprint density at radius 3 is 2.45 bits per heavy atom. The molecule has 3 aromatic carbocycles. The minimum atomic E-state index is -4.03. The lowest BCUT2D eigenvalue weighted by Crippen LogP contribution is -2.31. The zero-order valence-electron chi connectivity index (χ0n) is 19.2. The van der Waals surface area contributed by atoms with Gasteiger partial charge in [0.2, 0.25) is 0 Å². The molecule has 7 heteroatoms. The van der Waals surface area contributed by atoms with Crippen molar-refractivity contribution in [3.63, 3.8) is 0 Å². The van der Waals surface area contributed by atoms with Gasteiger partial charge in [0.25, 0.3) is 15.9 Å². The van der Waals surface area contributed by atoms with Crippen molar-refractivity contribution < 1.29 is 17.9 Å². The molecule has 0 bridgehead atoms. The highest BCUT2D eigenvalue weighted by Crippen LogP contribution is 2.33. The van der Waals surface area contributed by atoms with Crippen LogP contribution in [-0.4, -0.2) is 20.9 Å². The molecule has 0 radical (unpaired) electrons. The molecule has 1 N–H and O–H groups in total. The maximum absolute atomic E-state index is 13.1. The van der Waals surface area contributed by atoms with Crippen LogP contribution in [0.3, 0.4) is 0 Å². The van der Waals surface area contributed by atoms with E-state index in [9.17, 15) is 13.2 Å². The highest BCUT2D eigenvalue weighted by Gasteiger charge is 2.23. The van der Waals surface area contributed by atoms with Gasteiger partial charge in [0, 0.05) is 15.6 Å². The third-order valence-electron chi connectivity index (χ3n) is 5.08. The lowest BCUT2D eigenvalue weighted by atomic mass is 9.92. The molecule has 174 valence electrons. The highest BCUT2D eigenvalue weighted by molar-refractivity contribution is 9.10. The van der Waals surface area contributed by atoms with Crippen LogP contribution in [0, 0.1) is 12.8 Å². The SMILES string of the molecule is CCOc1ccc(C)cc1-c1ccc(C(=O)NS(=O)(=O)c2ccccc2Br)c(CC(C)C)c1. The monoisotopic (exact) mass is 529 g/mol. The van der Waals surface area contributed by atoms with Crippen LogP contribution >= 0.6 is 15.9 Å². The lowest BCUT2D eigenvalue weighted by Gasteiger charge is -2.16. The van der Waals surface area contributed by atoms with Crippen molar-refractivity contribution in [2.24, 2.45) is 5.92 Å². The van der Waals surface area contributed by atoms with Crippen LogP contribution in [0.5, 0.6) is 5.75 Å². The van der Waals surface area contributed by atoms with Crippen molar-refractivity contribution in [2.75, 3.05) is 6.61 Å². The molecule has 3 rings (SSSR count). The van der Waals surface area contributed by atoms with Crippen LogP contribution in [0.25, 0.3) is 11.1 Å². The van der Waals surface area contributed by atoms with E-state index in [-0.39, 0.29) is 10.8 Å². The summed E-state index contributed by atoms with van der Waals surface area (Å²) in [7, 11) is -4.03. The van der Waals surface area contributed by atoms with E-state index >= 15 is 0 Å². The Balaban J connectivity index is 2.02. The first kappa shape index (κ1) is 25.0. The van der Waals surface area contributed by atoms with Gasteiger partial charge in [-0.15, -0.1) is 0 Å². The third kappa shape index (κ3) is 6.03. The standard InChI is InChI=1S/C26H28BrNO4S/c1-5-32-24-13-10-18(4)15-22(24)19-11-12-21(20(16-19)14-17(2)3)26(29)28-33(30,31)25-9-7-6-8-23(25)27/h6-13,15-17H,5,14H2,1-4H3,(H,28,29). The largest absolute Gasteiger partial charge is 0.493 e. The van der Waals surface area contributed by atoms with Gasteiger partial charge in [-0.05, 0) is 83.6 Å². The fourth-order valence-electron chi connectivity index (χ4n) is 3.64. The van der Waals surface area contributed by atoms with Crippen molar-refractivity contribution in [1.82, 2.24) is 4.72 Å². The zero-order valence-corrected chi connectivity index (χ0v) is 21.6. The number of hydrogen-bond acceptors (Lipinski definition) is 4. The first-order valence-electron chi connectivity index (χ1n) is 10.8. The molecule has 0 aromatic heterocycles. The summed E-state index contributed by atoms with van der Waals surface area (Å²) in [6.07, 6.45) is 0.626. The highest BCUT2D eigenvalue weighted by atomic mass is 79.9. The van der Waals surface area contributed by atoms with Crippen LogP contribution in [0.4, 0.5) is 0 Å². The average Bonchev–Trinajstić information content (AvgIpc) is 2.74. The number of amides is 1. The molecule has 0 saturated carbocycles. The Morgan fingerprint density at radius 2 is 1.79 bits per heavy atom. The van der Waals surface area contributed by atoms with Crippen LogP contribution in [0.15, 0.2) is 70.0 Å². The van der Waals surface area contributed by atoms with E-state index in [1.54, 1.807) is 24.3 Å². The van der Waals surface area contributed by atoms with Gasteiger partial charge in [-0.25, -0.2) is 13.1 Å². The van der Waals surface area contributed by atoms with Crippen molar-refractivity contribution in [3.8, 4) is 16.9 Å². The van der Waals surface area contributed by atoms with Gasteiger partial charge >= 0.3 is 0 Å². The summed E-state index contributed by atoms with van der Waals surface area (Å²) >= 11 is 3.24. The predicted octanol–water partition coefficient (Wildman–Crippen LogP) is 6.14. The van der Waals surface area contributed by atoms with Gasteiger partial charge in [-0.2, -0.15) is 0 Å². The number of carbonyl (C=O) groups is 1. The molecule has 0 unspecified atom stereocenters. The van der Waals surface area contributed by atoms with Crippen LogP contribution in [-0.2, 0) is 16.4 Å². The Bertz CT molecular complexity index is 1270. The summed E-state index contributed by atoms with van der Waals surface area (Å²) in [5, 5.41) is 0. The molecule has 0 aliphatic carbocycles. The summed E-state index contributed by atoms with van der Waals surface area (Å²) in [4.78, 5) is 13.1. The minimum Gasteiger partial charge on any atom is -0.493 e. The van der Waals surface area contributed by atoms with Crippen LogP contribution in [0.2, 0.25) is 0 Å². The molecule has 0 fully saturated rings. The van der Waals surface area contributed by atoms with E-state index in [0.717, 1.165) is 28.0 Å². The summed E-state index contributed by atoms with van der Waals surface area (Å²) in [6.45, 7) is 8.62. The van der Waals surface area contributed by atoms with Gasteiger partial charge in [0.15, 0.2) is 0 Å². The quantitative estimate of drug-likeness (QED) is 0.380. The first-order valence-corrected chi connectivity index (χ1v) is 13.1. The molecule has 1 amide bonds. The minimum absolute atomic E-state index is 0.0153. The molecular formula is C26H28BrNO4S. The van der Waals surface area contributed by atoms with E-state index in [4.69, 9.17) is 4.74 Å².